The number of fused-ring (bicyclic) bond motifs is 1. The molecular formula is C25H23F9N2O4. The second kappa shape index (κ2) is 11.5. The van der Waals surface area contributed by atoms with Gasteiger partial charge in [0, 0.05) is 12.5 Å². The van der Waals surface area contributed by atoms with Crippen molar-refractivity contribution in [3.63, 3.8) is 0 Å². The Morgan fingerprint density at radius 2 is 1.45 bits per heavy atom. The number of amides is 2. The number of halogens is 9. The number of nitrogens with one attached hydrogen (secondary N) is 1. The van der Waals surface area contributed by atoms with Crippen molar-refractivity contribution in [2.45, 2.75) is 57.3 Å². The maximum Gasteiger partial charge on any atom is 0.416 e. The highest BCUT2D eigenvalue weighted by Crippen LogP contribution is 2.41. The molecule has 40 heavy (non-hydrogen) atoms. The van der Waals surface area contributed by atoms with Crippen molar-refractivity contribution in [2.75, 3.05) is 18.1 Å². The van der Waals surface area contributed by atoms with Gasteiger partial charge in [-0.1, -0.05) is 6.07 Å². The van der Waals surface area contributed by atoms with Gasteiger partial charge in [0.25, 0.3) is 0 Å². The summed E-state index contributed by atoms with van der Waals surface area (Å²) in [5, 5.41) is 2.43. The number of benzene rings is 2. The molecule has 2 aromatic rings. The molecule has 2 atom stereocenters. The highest BCUT2D eigenvalue weighted by molar-refractivity contribution is 5.90. The number of hydrogen-bond donors (Lipinski definition) is 1. The van der Waals surface area contributed by atoms with Crippen LogP contribution >= 0.6 is 0 Å². The molecule has 6 nitrogen and oxygen atoms in total. The number of nitrogens with zero attached hydrogens (tertiary/aromatic N) is 1. The van der Waals surface area contributed by atoms with Crippen LogP contribution in [0.2, 0.25) is 0 Å². The molecular weight excluding hydrogens is 563 g/mol. The third kappa shape index (κ3) is 7.30. The summed E-state index contributed by atoms with van der Waals surface area (Å²) in [6.45, 7) is 2.40. The Bertz CT molecular complexity index is 1210. The summed E-state index contributed by atoms with van der Waals surface area (Å²) in [6, 6.07) is 1.93. The Labute approximate surface area is 222 Å². The van der Waals surface area contributed by atoms with Crippen LogP contribution in [0.15, 0.2) is 36.4 Å². The first kappa shape index (κ1) is 30.9. The number of carbonyl (C=O) groups excluding carboxylic acids is 2. The molecule has 0 radical (unpaired) electrons. The average molecular weight is 586 g/mol. The van der Waals surface area contributed by atoms with Crippen molar-refractivity contribution in [2.24, 2.45) is 0 Å². The topological polar surface area (TPSA) is 67.9 Å². The third-order valence-corrected chi connectivity index (χ3v) is 6.04. The quantitative estimate of drug-likeness (QED) is 0.369. The van der Waals surface area contributed by atoms with Gasteiger partial charge >= 0.3 is 30.7 Å². The monoisotopic (exact) mass is 586 g/mol. The maximum atomic E-state index is 13.3. The second-order valence-corrected chi connectivity index (χ2v) is 8.92. The number of rotatable bonds is 5. The predicted molar refractivity (Wildman–Crippen MR) is 122 cm³/mol. The van der Waals surface area contributed by atoms with E-state index in [2.05, 4.69) is 5.32 Å². The van der Waals surface area contributed by atoms with Gasteiger partial charge in [0.15, 0.2) is 0 Å². The van der Waals surface area contributed by atoms with Gasteiger partial charge in [0.2, 0.25) is 0 Å². The number of anilines is 1. The van der Waals surface area contributed by atoms with E-state index in [0.717, 1.165) is 23.1 Å². The number of alkyl carbamates (subject to hydrolysis) is 1. The SMILES string of the molecule is CCOC(=O)N1c2cc(C(F)(F)F)ccc2[C@@H](NC(=O)OCCc2cc(C(F)(F)F)cc(C(F)(F)F)c2)C[C@H]1C. The Morgan fingerprint density at radius 1 is 0.875 bits per heavy atom. The molecule has 220 valence electrons. The van der Waals surface area contributed by atoms with E-state index in [1.165, 1.54) is 13.8 Å². The molecule has 0 fully saturated rings. The molecule has 0 aromatic heterocycles. The van der Waals surface area contributed by atoms with Crippen LogP contribution in [-0.4, -0.2) is 31.4 Å². The Kier molecular flexibility index (Phi) is 8.84. The molecule has 0 bridgehead atoms. The van der Waals surface area contributed by atoms with Crippen molar-refractivity contribution in [3.8, 4) is 0 Å². The van der Waals surface area contributed by atoms with Crippen molar-refractivity contribution in [1.82, 2.24) is 5.32 Å². The second-order valence-electron chi connectivity index (χ2n) is 8.92. The van der Waals surface area contributed by atoms with Crippen molar-refractivity contribution >= 4 is 17.9 Å². The summed E-state index contributed by atoms with van der Waals surface area (Å²) in [5.74, 6) is 0. The van der Waals surface area contributed by atoms with E-state index >= 15 is 0 Å². The van der Waals surface area contributed by atoms with E-state index in [1.54, 1.807) is 0 Å². The lowest BCUT2D eigenvalue weighted by atomic mass is 9.91. The summed E-state index contributed by atoms with van der Waals surface area (Å²) < 4.78 is 128. The van der Waals surface area contributed by atoms with Crippen LogP contribution in [-0.2, 0) is 34.4 Å². The molecule has 0 unspecified atom stereocenters. The zero-order valence-electron chi connectivity index (χ0n) is 20.9. The summed E-state index contributed by atoms with van der Waals surface area (Å²) in [4.78, 5) is 25.9. The van der Waals surface area contributed by atoms with Crippen LogP contribution in [0.3, 0.4) is 0 Å². The van der Waals surface area contributed by atoms with E-state index in [1.807, 2.05) is 0 Å². The maximum absolute atomic E-state index is 13.3. The van der Waals surface area contributed by atoms with E-state index in [-0.39, 0.29) is 35.9 Å². The standard InChI is InChI=1S/C25H23F9N2O4/c1-3-39-22(38)36-13(2)8-19(18-5-4-15(12-20(18)36)23(26,27)28)35-21(37)40-7-6-14-9-16(24(29,30)31)11-17(10-14)25(32,33)34/h4-5,9-13,19H,3,6-8H2,1-2H3,(H,35,37)/t13-,19+/m1/s1. The molecule has 1 N–H and O–H groups in total. The molecule has 1 aliphatic rings. The lowest BCUT2D eigenvalue weighted by Crippen LogP contribution is -2.46. The summed E-state index contributed by atoms with van der Waals surface area (Å²) in [5.41, 5.74) is -4.46. The Hall–Kier alpha value is -3.65. The molecule has 0 saturated carbocycles. The van der Waals surface area contributed by atoms with Crippen LogP contribution in [0.1, 0.15) is 54.1 Å². The number of carbonyl (C=O) groups is 2. The first-order valence-electron chi connectivity index (χ1n) is 11.8. The van der Waals surface area contributed by atoms with Gasteiger partial charge in [-0.2, -0.15) is 39.5 Å². The third-order valence-electron chi connectivity index (χ3n) is 6.04. The fourth-order valence-electron chi connectivity index (χ4n) is 4.25. The molecule has 0 saturated heterocycles. The van der Waals surface area contributed by atoms with Gasteiger partial charge in [-0.15, -0.1) is 0 Å². The van der Waals surface area contributed by atoms with Gasteiger partial charge < -0.3 is 14.8 Å². The first-order valence-corrected chi connectivity index (χ1v) is 11.8. The fourth-order valence-corrected chi connectivity index (χ4v) is 4.25. The van der Waals surface area contributed by atoms with Gasteiger partial charge in [0.1, 0.15) is 0 Å². The van der Waals surface area contributed by atoms with E-state index < -0.39 is 72.5 Å². The summed E-state index contributed by atoms with van der Waals surface area (Å²) in [6.07, 6.45) is -17.3. The van der Waals surface area contributed by atoms with E-state index in [0.29, 0.717) is 12.1 Å². The van der Waals surface area contributed by atoms with Crippen LogP contribution in [0.4, 0.5) is 54.8 Å². The molecule has 15 heteroatoms. The number of hydrogen-bond acceptors (Lipinski definition) is 4. The Balaban J connectivity index is 1.77. The molecule has 1 aliphatic heterocycles. The first-order chi connectivity index (χ1) is 18.4. The Morgan fingerprint density at radius 3 is 1.98 bits per heavy atom. The van der Waals surface area contributed by atoms with Crippen LogP contribution in [0.25, 0.3) is 0 Å². The van der Waals surface area contributed by atoms with Crippen LogP contribution in [0.5, 0.6) is 0 Å². The zero-order chi connectivity index (χ0) is 30.0. The minimum atomic E-state index is -5.04. The van der Waals surface area contributed by atoms with E-state index in [4.69, 9.17) is 9.47 Å². The van der Waals surface area contributed by atoms with E-state index in [9.17, 15) is 49.1 Å². The van der Waals surface area contributed by atoms with Gasteiger partial charge in [-0.3, -0.25) is 4.90 Å². The van der Waals surface area contributed by atoms with Gasteiger partial charge in [0.05, 0.1) is 41.6 Å². The molecule has 3 rings (SSSR count). The lowest BCUT2D eigenvalue weighted by Gasteiger charge is -2.39. The highest BCUT2D eigenvalue weighted by atomic mass is 19.4. The van der Waals surface area contributed by atoms with Crippen LogP contribution < -0.4 is 10.2 Å². The minimum absolute atomic E-state index is 0.0253. The molecule has 2 amide bonds. The lowest BCUT2D eigenvalue weighted by molar-refractivity contribution is -0.143. The number of ether oxygens (including phenoxy) is 2. The van der Waals surface area contributed by atoms with Crippen molar-refractivity contribution in [3.05, 3.63) is 64.2 Å². The summed E-state index contributed by atoms with van der Waals surface area (Å²) >= 11 is 0. The average Bonchev–Trinajstić information content (AvgIpc) is 2.82. The predicted octanol–water partition coefficient (Wildman–Crippen LogP) is 7.51. The van der Waals surface area contributed by atoms with Crippen molar-refractivity contribution in [1.29, 1.82) is 0 Å². The smallest absolute Gasteiger partial charge is 0.416 e. The molecule has 0 aliphatic carbocycles. The van der Waals surface area contributed by atoms with Gasteiger partial charge in [-0.25, -0.2) is 9.59 Å². The van der Waals surface area contributed by atoms with Crippen LogP contribution in [0, 0.1) is 0 Å². The zero-order valence-corrected chi connectivity index (χ0v) is 20.9. The molecule has 2 aromatic carbocycles. The van der Waals surface area contributed by atoms with Gasteiger partial charge in [-0.05, 0) is 61.7 Å². The number of alkyl halides is 9. The largest absolute Gasteiger partial charge is 0.449 e. The summed E-state index contributed by atoms with van der Waals surface area (Å²) in [7, 11) is 0. The minimum Gasteiger partial charge on any atom is -0.449 e. The highest BCUT2D eigenvalue weighted by Gasteiger charge is 2.39. The molecule has 1 heterocycles. The molecule has 0 spiro atoms. The van der Waals surface area contributed by atoms with Crippen molar-refractivity contribution < 1.29 is 58.6 Å². The normalized spacial score (nSPS) is 17.7. The fraction of sp³-hybridized carbons (Fsp3) is 0.440.